The Morgan fingerprint density at radius 3 is 2.53 bits per heavy atom. The first-order chi connectivity index (χ1) is 16.2. The molecule has 7 nitrogen and oxygen atoms in total. The molecule has 2 fully saturated rings. The summed E-state index contributed by atoms with van der Waals surface area (Å²) in [6.45, 7) is 9.88. The number of aliphatic hydroxyl groups is 1. The van der Waals surface area contributed by atoms with E-state index in [0.29, 0.717) is 18.6 Å². The summed E-state index contributed by atoms with van der Waals surface area (Å²) in [5, 5.41) is 14.8. The molecule has 0 radical (unpaired) electrons. The molecule has 0 aromatic heterocycles. The molecule has 2 unspecified atom stereocenters. The number of ether oxygens (including phenoxy) is 1. The first-order valence-corrected chi connectivity index (χ1v) is 11.9. The fourth-order valence-corrected chi connectivity index (χ4v) is 5.90. The molecule has 4 atom stereocenters. The molecular formula is C27H38N2O5. The van der Waals surface area contributed by atoms with Gasteiger partial charge in [0, 0.05) is 12.5 Å². The molecule has 1 aromatic rings. The molecule has 0 spiro atoms. The van der Waals surface area contributed by atoms with E-state index in [1.165, 1.54) is 5.57 Å². The number of hydrogen-bond acceptors (Lipinski definition) is 7. The van der Waals surface area contributed by atoms with Crippen LogP contribution in [0.15, 0.2) is 58.8 Å². The second-order valence-corrected chi connectivity index (χ2v) is 9.81. The van der Waals surface area contributed by atoms with E-state index in [1.807, 2.05) is 71.0 Å². The van der Waals surface area contributed by atoms with Crippen LogP contribution in [-0.2, 0) is 14.4 Å². The van der Waals surface area contributed by atoms with Crippen LogP contribution in [0.2, 0.25) is 0 Å². The lowest BCUT2D eigenvalue weighted by atomic mass is 9.85. The normalized spacial score (nSPS) is 30.5. The molecule has 0 bridgehead atoms. The second-order valence-electron chi connectivity index (χ2n) is 9.81. The van der Waals surface area contributed by atoms with Crippen molar-refractivity contribution in [3.8, 4) is 5.75 Å². The van der Waals surface area contributed by atoms with Gasteiger partial charge in [0.15, 0.2) is 5.75 Å². The van der Waals surface area contributed by atoms with Gasteiger partial charge in [-0.3, -0.25) is 4.79 Å². The molecule has 34 heavy (non-hydrogen) atoms. The van der Waals surface area contributed by atoms with Gasteiger partial charge in [0.25, 0.3) is 0 Å². The first-order valence-electron chi connectivity index (χ1n) is 11.9. The average molecular weight is 471 g/mol. The highest BCUT2D eigenvalue weighted by Gasteiger charge is 2.91. The molecule has 0 saturated heterocycles. The third-order valence-corrected chi connectivity index (χ3v) is 7.78. The lowest BCUT2D eigenvalue weighted by molar-refractivity contribution is -0.155. The number of carbonyl (C=O) groups excluding carboxylic acids is 1. The van der Waals surface area contributed by atoms with Crippen molar-refractivity contribution in [2.75, 3.05) is 13.7 Å². The van der Waals surface area contributed by atoms with Crippen LogP contribution in [0, 0.1) is 10.8 Å². The summed E-state index contributed by atoms with van der Waals surface area (Å²) in [6.07, 6.45) is 6.57. The van der Waals surface area contributed by atoms with Gasteiger partial charge < -0.3 is 19.5 Å². The van der Waals surface area contributed by atoms with Crippen LogP contribution in [0.4, 0.5) is 0 Å². The van der Waals surface area contributed by atoms with Gasteiger partial charge in [-0.25, -0.2) is 0 Å². The Morgan fingerprint density at radius 2 is 1.91 bits per heavy atom. The van der Waals surface area contributed by atoms with Crippen molar-refractivity contribution in [3.63, 3.8) is 0 Å². The van der Waals surface area contributed by atoms with E-state index < -0.39 is 16.4 Å². The number of fused-ring (bicyclic) bond motifs is 1. The molecule has 3 rings (SSSR count). The van der Waals surface area contributed by atoms with Gasteiger partial charge in [0.05, 0.1) is 30.2 Å². The van der Waals surface area contributed by atoms with E-state index in [4.69, 9.17) is 14.4 Å². The summed E-state index contributed by atoms with van der Waals surface area (Å²) in [4.78, 5) is 23.5. The lowest BCUT2D eigenvalue weighted by Crippen LogP contribution is -2.47. The van der Waals surface area contributed by atoms with Crippen LogP contribution in [-0.4, -0.2) is 42.1 Å². The number of rotatable bonds is 11. The Balaban J connectivity index is 1.70. The third-order valence-electron chi connectivity index (χ3n) is 7.78. The molecule has 0 amide bonds. The van der Waals surface area contributed by atoms with Crippen LogP contribution in [0.5, 0.6) is 5.75 Å². The van der Waals surface area contributed by atoms with Crippen LogP contribution in [0.25, 0.3) is 0 Å². The fraction of sp³-hybridized carbons (Fsp3) is 0.556. The van der Waals surface area contributed by atoms with Crippen molar-refractivity contribution < 1.29 is 24.3 Å². The maximum Gasteiger partial charge on any atom is 0.328 e. The maximum atomic E-state index is 12.4. The summed E-state index contributed by atoms with van der Waals surface area (Å²) >= 11 is 0. The number of hydrogen-bond donors (Lipinski definition) is 2. The Hall–Kier alpha value is -2.48. The quantitative estimate of drug-likeness (QED) is 0.276. The number of nitrogens with zero attached hydrogens (tertiary/aromatic N) is 1. The SMILES string of the molecule is CO[C@]12C(NOC(=O)C/C(C)=C/CC=C(C)C)CCC1(CO)[C@@]2(C)/C(C)=N/Oc1ccccc1. The van der Waals surface area contributed by atoms with Crippen LogP contribution in [0.3, 0.4) is 0 Å². The van der Waals surface area contributed by atoms with E-state index in [2.05, 4.69) is 16.7 Å². The molecule has 2 saturated carbocycles. The minimum absolute atomic E-state index is 0.0616. The largest absolute Gasteiger partial charge is 0.396 e. The zero-order valence-electron chi connectivity index (χ0n) is 21.2. The molecule has 7 heteroatoms. The fourth-order valence-electron chi connectivity index (χ4n) is 5.90. The lowest BCUT2D eigenvalue weighted by Gasteiger charge is -2.28. The highest BCUT2D eigenvalue weighted by molar-refractivity contribution is 5.95. The summed E-state index contributed by atoms with van der Waals surface area (Å²) < 4.78 is 6.09. The molecule has 2 aliphatic rings. The van der Waals surface area contributed by atoms with Gasteiger partial charge in [-0.15, -0.1) is 5.48 Å². The zero-order valence-corrected chi connectivity index (χ0v) is 21.2. The Kier molecular flexibility index (Phi) is 8.01. The minimum Gasteiger partial charge on any atom is -0.396 e. The number of aliphatic hydroxyl groups excluding tert-OH is 1. The number of allylic oxidation sites excluding steroid dienone is 3. The monoisotopic (exact) mass is 470 g/mol. The van der Waals surface area contributed by atoms with Crippen molar-refractivity contribution in [2.45, 2.75) is 71.9 Å². The van der Waals surface area contributed by atoms with Gasteiger partial charge in [-0.2, -0.15) is 0 Å². The second kappa shape index (κ2) is 10.4. The standard InChI is InChI=1S/C27H38N2O5/c1-19(2)11-10-12-20(3)17-24(31)34-29-23-15-16-26(18-30)25(5,27(23,26)32-6)21(4)28-33-22-13-8-7-9-14-22/h7-9,11-14,23,29-30H,10,15-18H2,1-6H3/b20-12+,28-21+/t23?,25-,26?,27+/m1/s1. The topological polar surface area (TPSA) is 89.4 Å². The highest BCUT2D eigenvalue weighted by atomic mass is 16.7. The maximum absolute atomic E-state index is 12.4. The van der Waals surface area contributed by atoms with Gasteiger partial charge >= 0.3 is 5.97 Å². The number of benzene rings is 1. The average Bonchev–Trinajstić information content (AvgIpc) is 3.10. The van der Waals surface area contributed by atoms with Crippen molar-refractivity contribution >= 4 is 11.7 Å². The van der Waals surface area contributed by atoms with Crippen LogP contribution in [0.1, 0.15) is 60.3 Å². The Labute approximate surface area is 202 Å². The van der Waals surface area contributed by atoms with E-state index in [9.17, 15) is 9.90 Å². The molecule has 2 N–H and O–H groups in total. The van der Waals surface area contributed by atoms with E-state index >= 15 is 0 Å². The van der Waals surface area contributed by atoms with Crippen LogP contribution < -0.4 is 10.3 Å². The zero-order chi connectivity index (χ0) is 25.0. The third kappa shape index (κ3) is 4.32. The smallest absolute Gasteiger partial charge is 0.328 e. The first kappa shape index (κ1) is 26.1. The Morgan fingerprint density at radius 1 is 1.21 bits per heavy atom. The molecule has 0 aliphatic heterocycles. The summed E-state index contributed by atoms with van der Waals surface area (Å²) in [6, 6.07) is 9.06. The van der Waals surface area contributed by atoms with Crippen molar-refractivity contribution in [2.24, 2.45) is 16.0 Å². The molecule has 1 aromatic carbocycles. The minimum atomic E-state index is -0.767. The number of nitrogens with one attached hydrogen (secondary N) is 1. The summed E-state index contributed by atoms with van der Waals surface area (Å²) in [5.41, 5.74) is 4.01. The van der Waals surface area contributed by atoms with Gasteiger partial charge in [0.2, 0.25) is 0 Å². The van der Waals surface area contributed by atoms with Gasteiger partial charge in [-0.05, 0) is 59.1 Å². The van der Waals surface area contributed by atoms with E-state index in [-0.39, 0.29) is 25.0 Å². The van der Waals surface area contributed by atoms with Crippen molar-refractivity contribution in [3.05, 3.63) is 53.6 Å². The molecule has 186 valence electrons. The van der Waals surface area contributed by atoms with E-state index in [0.717, 1.165) is 17.7 Å². The number of methoxy groups -OCH3 is 1. The van der Waals surface area contributed by atoms with Gasteiger partial charge in [-0.1, -0.05) is 53.6 Å². The molecular weight excluding hydrogens is 432 g/mol. The summed E-state index contributed by atoms with van der Waals surface area (Å²) in [5.74, 6) is 0.288. The predicted molar refractivity (Wildman–Crippen MR) is 132 cm³/mol. The number of carbonyl (C=O) groups is 1. The number of para-hydroxylation sites is 1. The number of hydroxylamine groups is 1. The van der Waals surface area contributed by atoms with Gasteiger partial charge in [0.1, 0.15) is 5.60 Å². The van der Waals surface area contributed by atoms with Crippen LogP contribution >= 0.6 is 0 Å². The van der Waals surface area contributed by atoms with Crippen molar-refractivity contribution in [1.82, 2.24) is 5.48 Å². The highest BCUT2D eigenvalue weighted by Crippen LogP contribution is 2.81. The predicted octanol–water partition coefficient (Wildman–Crippen LogP) is 4.73. The van der Waals surface area contributed by atoms with Crippen molar-refractivity contribution in [1.29, 1.82) is 0 Å². The summed E-state index contributed by atoms with van der Waals surface area (Å²) in [7, 11) is 1.64. The molecule has 2 aliphatic carbocycles. The molecule has 0 heterocycles. The van der Waals surface area contributed by atoms with E-state index in [1.54, 1.807) is 7.11 Å². The Bertz CT molecular complexity index is 968. The number of oxime groups is 1.